The van der Waals surface area contributed by atoms with Crippen LogP contribution in [0.5, 0.6) is 0 Å². The summed E-state index contributed by atoms with van der Waals surface area (Å²) < 4.78 is 47.4. The van der Waals surface area contributed by atoms with E-state index < -0.39 is 27.0 Å². The SMILES string of the molecule is [2H]C([2H])([2H])c1c[c-]c(-c2cc(-c3ccccc3)[c]([Ge]([CH3])([CH3])[CH3])cn2)cc1.[2H]C([2H])([2H])c1c[c-]c(-c2cc3ccccc3cn2)cc1Cc1ccccc1.[Ir]. The van der Waals surface area contributed by atoms with Crippen molar-refractivity contribution in [2.75, 3.05) is 0 Å². The number of rotatable bonds is 6. The molecule has 1 radical (unpaired) electrons. The van der Waals surface area contributed by atoms with E-state index in [4.69, 9.17) is 8.22 Å². The Morgan fingerprint density at radius 2 is 1.31 bits per heavy atom. The monoisotopic (exact) mass is 869 g/mol. The minimum absolute atomic E-state index is 0. The molecule has 0 spiro atoms. The van der Waals surface area contributed by atoms with Crippen LogP contribution in [0.1, 0.15) is 30.5 Å². The van der Waals surface area contributed by atoms with E-state index in [2.05, 4.69) is 57.6 Å². The van der Waals surface area contributed by atoms with Crippen LogP contribution in [-0.2, 0) is 26.5 Å². The third kappa shape index (κ3) is 8.65. The molecular formula is C44H40GeIrN2-2. The smallest absolute Gasteiger partial charge is 0.0239 e. The molecule has 0 unspecified atom stereocenters. The molecule has 241 valence electrons. The van der Waals surface area contributed by atoms with Crippen LogP contribution in [0.4, 0.5) is 0 Å². The molecule has 0 aliphatic rings. The summed E-state index contributed by atoms with van der Waals surface area (Å²) in [4.78, 5) is 9.21. The van der Waals surface area contributed by atoms with Crippen molar-refractivity contribution in [3.8, 4) is 33.6 Å². The Balaban J connectivity index is 0.000000204. The average Bonchev–Trinajstić information content (AvgIpc) is 3.14. The number of nitrogens with zero attached hydrogens (tertiary/aromatic N) is 2. The quantitative estimate of drug-likeness (QED) is 0.123. The maximum Gasteiger partial charge on any atom is 0.0239 e. The molecule has 4 heteroatoms. The summed E-state index contributed by atoms with van der Waals surface area (Å²) in [5.74, 6) is 7.08. The standard InChI is InChI=1S/C23H18N.C21H22GeN.Ir/c1-17-11-12-20(14-22(17)13-18-7-3-2-4-8-18)23-15-19-9-5-6-10-21(19)16-24-23;1-16-10-12-18(13-11-16)21-14-19(17-8-6-5-7-9-17)20(15-23-21)22(2,3)4;/h2-11,14-16H,13H2,1H3;5-12,14-15H,1-4H3;/q2*-1;/i2*1D3;. The van der Waals surface area contributed by atoms with Gasteiger partial charge in [-0.2, -0.15) is 0 Å². The Bertz CT molecular complexity index is 2320. The van der Waals surface area contributed by atoms with Crippen LogP contribution >= 0.6 is 0 Å². The zero-order chi connectivity index (χ0) is 37.8. The summed E-state index contributed by atoms with van der Waals surface area (Å²) in [7, 11) is 0. The average molecular weight is 868 g/mol. The van der Waals surface area contributed by atoms with Gasteiger partial charge in [-0.1, -0.05) is 67.5 Å². The van der Waals surface area contributed by atoms with Crippen molar-refractivity contribution in [2.45, 2.75) is 37.4 Å². The van der Waals surface area contributed by atoms with Crippen LogP contribution in [-0.4, -0.2) is 23.2 Å². The molecule has 7 aromatic rings. The fourth-order valence-electron chi connectivity index (χ4n) is 5.52. The van der Waals surface area contributed by atoms with Gasteiger partial charge in [-0.05, 0) is 28.5 Å². The van der Waals surface area contributed by atoms with Gasteiger partial charge in [0.15, 0.2) is 0 Å². The van der Waals surface area contributed by atoms with E-state index in [1.807, 2.05) is 97.3 Å². The molecule has 0 saturated heterocycles. The molecule has 0 atom stereocenters. The van der Waals surface area contributed by atoms with Crippen molar-refractivity contribution in [1.29, 1.82) is 0 Å². The van der Waals surface area contributed by atoms with Gasteiger partial charge in [0.05, 0.1) is 0 Å². The molecule has 0 aliphatic carbocycles. The topological polar surface area (TPSA) is 25.8 Å². The van der Waals surface area contributed by atoms with Crippen molar-refractivity contribution < 1.29 is 28.3 Å². The van der Waals surface area contributed by atoms with Gasteiger partial charge in [-0.3, -0.25) is 0 Å². The molecule has 2 heterocycles. The van der Waals surface area contributed by atoms with Crippen LogP contribution in [0.25, 0.3) is 44.4 Å². The Morgan fingerprint density at radius 3 is 2.00 bits per heavy atom. The second-order valence-electron chi connectivity index (χ2n) is 12.6. The fraction of sp³-hybridized carbons (Fsp3) is 0.136. The van der Waals surface area contributed by atoms with Crippen molar-refractivity contribution in [2.24, 2.45) is 0 Å². The summed E-state index contributed by atoms with van der Waals surface area (Å²) in [6.07, 6.45) is 4.40. The molecule has 0 amide bonds. The Hall–Kier alpha value is -4.15. The molecule has 0 bridgehead atoms. The number of fused-ring (bicyclic) bond motifs is 1. The van der Waals surface area contributed by atoms with Gasteiger partial charge in [0.25, 0.3) is 0 Å². The Labute approximate surface area is 310 Å². The third-order valence-corrected chi connectivity index (χ3v) is 12.3. The molecule has 2 aromatic heterocycles. The second kappa shape index (κ2) is 15.8. The molecule has 0 aliphatic heterocycles. The van der Waals surface area contributed by atoms with Crippen LogP contribution in [0.2, 0.25) is 17.3 Å². The number of pyridine rings is 2. The summed E-state index contributed by atoms with van der Waals surface area (Å²) in [6, 6.07) is 47.1. The van der Waals surface area contributed by atoms with E-state index >= 15 is 0 Å². The number of aryl methyl sites for hydroxylation is 2. The molecule has 0 saturated carbocycles. The predicted octanol–water partition coefficient (Wildman–Crippen LogP) is 10.7. The first-order chi connectivity index (χ1) is 25.2. The van der Waals surface area contributed by atoms with E-state index in [0.717, 1.165) is 44.4 Å². The summed E-state index contributed by atoms with van der Waals surface area (Å²) >= 11 is -2.10. The molecule has 5 aromatic carbocycles. The largest absolute Gasteiger partial charge is 0.304 e. The number of hydrogen-bond donors (Lipinski definition) is 0. The van der Waals surface area contributed by atoms with Crippen LogP contribution in [0.3, 0.4) is 0 Å². The predicted molar refractivity (Wildman–Crippen MR) is 202 cm³/mol. The van der Waals surface area contributed by atoms with Crippen LogP contribution < -0.4 is 4.40 Å². The summed E-state index contributed by atoms with van der Waals surface area (Å²) in [5, 5.41) is 2.17. The van der Waals surface area contributed by atoms with Crippen LogP contribution in [0.15, 0.2) is 140 Å². The van der Waals surface area contributed by atoms with E-state index in [1.54, 1.807) is 24.3 Å². The number of benzene rings is 5. The zero-order valence-corrected chi connectivity index (χ0v) is 31.7. The number of aromatic nitrogens is 2. The van der Waals surface area contributed by atoms with Crippen molar-refractivity contribution in [3.05, 3.63) is 174 Å². The third-order valence-electron chi connectivity index (χ3n) is 8.07. The van der Waals surface area contributed by atoms with Gasteiger partial charge in [-0.25, -0.2) is 0 Å². The van der Waals surface area contributed by atoms with Gasteiger partial charge >= 0.3 is 146 Å². The van der Waals surface area contributed by atoms with Crippen molar-refractivity contribution >= 4 is 28.4 Å². The molecule has 48 heavy (non-hydrogen) atoms. The van der Waals surface area contributed by atoms with Gasteiger partial charge in [0.2, 0.25) is 0 Å². The summed E-state index contributed by atoms with van der Waals surface area (Å²) in [6.45, 7) is -4.28. The normalized spacial score (nSPS) is 13.3. The van der Waals surface area contributed by atoms with E-state index in [9.17, 15) is 0 Å². The maximum absolute atomic E-state index is 7.86. The minimum Gasteiger partial charge on any atom is -0.304 e. The van der Waals surface area contributed by atoms with Gasteiger partial charge in [0, 0.05) is 30.4 Å². The molecule has 7 rings (SSSR count). The summed E-state index contributed by atoms with van der Waals surface area (Å²) in [5.41, 5.74) is 8.12. The second-order valence-corrected chi connectivity index (χ2v) is 23.2. The van der Waals surface area contributed by atoms with E-state index in [0.29, 0.717) is 17.5 Å². The molecule has 0 N–H and O–H groups in total. The van der Waals surface area contributed by atoms with Gasteiger partial charge in [0.1, 0.15) is 0 Å². The zero-order valence-electron chi connectivity index (χ0n) is 33.2. The molecular weight excluding hydrogens is 821 g/mol. The first kappa shape index (κ1) is 27.8. The molecule has 2 nitrogen and oxygen atoms in total. The minimum atomic E-state index is -2.17. The first-order valence-corrected chi connectivity index (χ1v) is 23.0. The Kier molecular flexibility index (Phi) is 9.16. The van der Waals surface area contributed by atoms with Crippen molar-refractivity contribution in [3.63, 3.8) is 0 Å². The van der Waals surface area contributed by atoms with Gasteiger partial charge in [-0.15, -0.1) is 34.9 Å². The van der Waals surface area contributed by atoms with E-state index in [1.165, 1.54) is 15.5 Å². The van der Waals surface area contributed by atoms with Crippen molar-refractivity contribution in [1.82, 2.24) is 9.97 Å². The van der Waals surface area contributed by atoms with Crippen LogP contribution in [0, 0.1) is 25.8 Å². The van der Waals surface area contributed by atoms with E-state index in [-0.39, 0.29) is 20.1 Å². The maximum atomic E-state index is 7.86. The Morgan fingerprint density at radius 1 is 0.646 bits per heavy atom. The fourth-order valence-corrected chi connectivity index (χ4v) is 8.62. The number of hydrogen-bond acceptors (Lipinski definition) is 2. The van der Waals surface area contributed by atoms with Gasteiger partial charge < -0.3 is 4.98 Å². The first-order valence-electron chi connectivity index (χ1n) is 18.7. The molecule has 0 fully saturated rings.